The normalized spacial score (nSPS) is 18.5. The van der Waals surface area contributed by atoms with E-state index >= 15 is 0 Å². The molecule has 0 bridgehead atoms. The number of likely N-dealkylation sites (tertiary alicyclic amines) is 2. The van der Waals surface area contributed by atoms with Crippen molar-refractivity contribution in [3.8, 4) is 0 Å². The number of rotatable bonds is 9. The number of guanidine groups is 1. The number of nitrogens with zero attached hydrogens (tertiary/aromatic N) is 3. The summed E-state index contributed by atoms with van der Waals surface area (Å²) >= 11 is 0. The Morgan fingerprint density at radius 1 is 0.969 bits per heavy atom. The highest BCUT2D eigenvalue weighted by atomic mass is 127. The fraction of sp³-hybridized carbons (Fsp3) is 0.560. The predicted molar refractivity (Wildman–Crippen MR) is 141 cm³/mol. The first-order valence-corrected chi connectivity index (χ1v) is 11.9. The van der Waals surface area contributed by atoms with Gasteiger partial charge in [-0.25, -0.2) is 4.99 Å². The average Bonchev–Trinajstić information content (AvgIpc) is 3.57. The Morgan fingerprint density at radius 2 is 1.66 bits per heavy atom. The summed E-state index contributed by atoms with van der Waals surface area (Å²) in [7, 11) is 0. The smallest absolute Gasteiger partial charge is 0.191 e. The number of benzene rings is 1. The van der Waals surface area contributed by atoms with Gasteiger partial charge in [0.1, 0.15) is 5.76 Å². The van der Waals surface area contributed by atoms with Crippen LogP contribution in [0.1, 0.15) is 55.5 Å². The Kier molecular flexibility index (Phi) is 10.3. The molecule has 3 heterocycles. The van der Waals surface area contributed by atoms with Crippen molar-refractivity contribution >= 4 is 29.9 Å². The average molecular weight is 552 g/mol. The maximum absolute atomic E-state index is 5.74. The third-order valence-electron chi connectivity index (χ3n) is 6.31. The highest BCUT2D eigenvalue weighted by Crippen LogP contribution is 2.24. The van der Waals surface area contributed by atoms with Gasteiger partial charge in [-0.2, -0.15) is 0 Å². The SMILES string of the molecule is CCNC(=NCc1ccc(CN2CCCC2)cc1)NCC(c1ccco1)N1CCCC1.I. The Labute approximate surface area is 209 Å². The fourth-order valence-corrected chi connectivity index (χ4v) is 4.60. The van der Waals surface area contributed by atoms with E-state index in [1.807, 2.05) is 6.07 Å². The summed E-state index contributed by atoms with van der Waals surface area (Å²) in [5.74, 6) is 1.89. The van der Waals surface area contributed by atoms with Crippen LogP contribution in [0.15, 0.2) is 52.1 Å². The molecule has 0 aliphatic carbocycles. The monoisotopic (exact) mass is 551 g/mol. The first kappa shape index (κ1) is 25.1. The predicted octanol–water partition coefficient (Wildman–Crippen LogP) is 4.39. The molecule has 7 heteroatoms. The molecule has 32 heavy (non-hydrogen) atoms. The second-order valence-corrected chi connectivity index (χ2v) is 8.65. The van der Waals surface area contributed by atoms with Gasteiger partial charge in [-0.05, 0) is 82.0 Å². The fourth-order valence-electron chi connectivity index (χ4n) is 4.60. The largest absolute Gasteiger partial charge is 0.468 e. The van der Waals surface area contributed by atoms with Crippen LogP contribution in [0, 0.1) is 0 Å². The van der Waals surface area contributed by atoms with E-state index in [0.29, 0.717) is 6.54 Å². The first-order valence-electron chi connectivity index (χ1n) is 11.9. The molecular weight excluding hydrogens is 513 g/mol. The van der Waals surface area contributed by atoms with Gasteiger partial charge >= 0.3 is 0 Å². The van der Waals surface area contributed by atoms with Crippen LogP contribution in [0.5, 0.6) is 0 Å². The Balaban J connectivity index is 0.00000289. The maximum Gasteiger partial charge on any atom is 0.191 e. The molecular formula is C25H38IN5O. The van der Waals surface area contributed by atoms with Crippen molar-refractivity contribution in [3.63, 3.8) is 0 Å². The van der Waals surface area contributed by atoms with Gasteiger partial charge in [0.05, 0.1) is 18.8 Å². The molecule has 1 unspecified atom stereocenters. The number of aliphatic imine (C=N–C) groups is 1. The number of halogens is 1. The van der Waals surface area contributed by atoms with Crippen LogP contribution in [0.4, 0.5) is 0 Å². The zero-order valence-corrected chi connectivity index (χ0v) is 21.6. The van der Waals surface area contributed by atoms with Crippen LogP contribution in [0.2, 0.25) is 0 Å². The lowest BCUT2D eigenvalue weighted by molar-refractivity contribution is 0.215. The minimum Gasteiger partial charge on any atom is -0.468 e. The van der Waals surface area contributed by atoms with Gasteiger partial charge in [0.2, 0.25) is 0 Å². The Bertz CT molecular complexity index is 796. The molecule has 2 fully saturated rings. The van der Waals surface area contributed by atoms with E-state index in [0.717, 1.165) is 44.4 Å². The third-order valence-corrected chi connectivity index (χ3v) is 6.31. The molecule has 0 amide bonds. The van der Waals surface area contributed by atoms with Crippen molar-refractivity contribution in [2.45, 2.75) is 51.7 Å². The summed E-state index contributed by atoms with van der Waals surface area (Å²) in [6, 6.07) is 13.2. The molecule has 0 radical (unpaired) electrons. The summed E-state index contributed by atoms with van der Waals surface area (Å²) < 4.78 is 5.74. The molecule has 6 nitrogen and oxygen atoms in total. The molecule has 2 aliphatic heterocycles. The van der Waals surface area contributed by atoms with Gasteiger partial charge in [-0.15, -0.1) is 24.0 Å². The van der Waals surface area contributed by atoms with Crippen molar-refractivity contribution in [2.75, 3.05) is 39.3 Å². The third kappa shape index (κ3) is 7.22. The molecule has 4 rings (SSSR count). The van der Waals surface area contributed by atoms with E-state index in [-0.39, 0.29) is 30.0 Å². The van der Waals surface area contributed by atoms with Crippen molar-refractivity contribution in [1.29, 1.82) is 0 Å². The second-order valence-electron chi connectivity index (χ2n) is 8.65. The minimum absolute atomic E-state index is 0. The maximum atomic E-state index is 5.74. The Hall–Kier alpha value is -1.58. The first-order chi connectivity index (χ1) is 15.3. The second kappa shape index (κ2) is 13.2. The minimum atomic E-state index is 0. The van der Waals surface area contributed by atoms with Crippen molar-refractivity contribution in [1.82, 2.24) is 20.4 Å². The van der Waals surface area contributed by atoms with Gasteiger partial charge in [-0.1, -0.05) is 24.3 Å². The van der Waals surface area contributed by atoms with Gasteiger partial charge < -0.3 is 15.1 Å². The number of nitrogens with one attached hydrogen (secondary N) is 2. The van der Waals surface area contributed by atoms with E-state index in [4.69, 9.17) is 9.41 Å². The quantitative estimate of drug-likeness (QED) is 0.275. The highest BCUT2D eigenvalue weighted by Gasteiger charge is 2.25. The van der Waals surface area contributed by atoms with Crippen LogP contribution in [0.25, 0.3) is 0 Å². The van der Waals surface area contributed by atoms with Crippen molar-refractivity contribution in [3.05, 3.63) is 59.5 Å². The van der Waals surface area contributed by atoms with E-state index < -0.39 is 0 Å². The lowest BCUT2D eigenvalue weighted by Gasteiger charge is -2.26. The molecule has 176 valence electrons. The summed E-state index contributed by atoms with van der Waals surface area (Å²) in [6.07, 6.45) is 6.97. The van der Waals surface area contributed by atoms with Crippen LogP contribution in [-0.2, 0) is 13.1 Å². The molecule has 0 saturated carbocycles. The van der Waals surface area contributed by atoms with Crippen molar-refractivity contribution < 1.29 is 4.42 Å². The van der Waals surface area contributed by atoms with E-state index in [1.54, 1.807) is 6.26 Å². The van der Waals surface area contributed by atoms with Crippen LogP contribution >= 0.6 is 24.0 Å². The highest BCUT2D eigenvalue weighted by molar-refractivity contribution is 14.0. The van der Waals surface area contributed by atoms with E-state index in [2.05, 4.69) is 57.7 Å². The van der Waals surface area contributed by atoms with Gasteiger partial charge in [0, 0.05) is 19.6 Å². The molecule has 0 spiro atoms. The van der Waals surface area contributed by atoms with Gasteiger partial charge in [0.15, 0.2) is 5.96 Å². The van der Waals surface area contributed by atoms with Crippen LogP contribution < -0.4 is 10.6 Å². The zero-order valence-electron chi connectivity index (χ0n) is 19.3. The summed E-state index contributed by atoms with van der Waals surface area (Å²) in [4.78, 5) is 9.88. The lowest BCUT2D eigenvalue weighted by atomic mass is 10.1. The Morgan fingerprint density at radius 3 is 2.31 bits per heavy atom. The van der Waals surface area contributed by atoms with Gasteiger partial charge in [-0.3, -0.25) is 9.80 Å². The standard InChI is InChI=1S/C25H37N5O.HI/c1-2-26-25(28-19-23(24-8-7-17-31-24)30-15-5-6-16-30)27-18-21-9-11-22(12-10-21)20-29-13-3-4-14-29;/h7-12,17,23H,2-6,13-16,18-20H2,1H3,(H2,26,27,28);1H. The zero-order chi connectivity index (χ0) is 21.3. The van der Waals surface area contributed by atoms with Crippen LogP contribution in [0.3, 0.4) is 0 Å². The lowest BCUT2D eigenvalue weighted by Crippen LogP contribution is -2.42. The topological polar surface area (TPSA) is 56.0 Å². The molecule has 2 saturated heterocycles. The molecule has 2 aliphatic rings. The van der Waals surface area contributed by atoms with Crippen LogP contribution in [-0.4, -0.2) is 55.0 Å². The molecule has 1 aromatic carbocycles. The summed E-state index contributed by atoms with van der Waals surface area (Å²) in [5.41, 5.74) is 2.64. The molecule has 1 atom stereocenters. The van der Waals surface area contributed by atoms with Gasteiger partial charge in [0.25, 0.3) is 0 Å². The summed E-state index contributed by atoms with van der Waals surface area (Å²) in [6.45, 7) is 10.2. The summed E-state index contributed by atoms with van der Waals surface area (Å²) in [5, 5.41) is 6.93. The van der Waals surface area contributed by atoms with E-state index in [1.165, 1.54) is 49.9 Å². The number of hydrogen-bond acceptors (Lipinski definition) is 4. The molecule has 1 aromatic heterocycles. The molecule has 2 N–H and O–H groups in total. The van der Waals surface area contributed by atoms with E-state index in [9.17, 15) is 0 Å². The number of hydrogen-bond donors (Lipinski definition) is 2. The van der Waals surface area contributed by atoms with Crippen molar-refractivity contribution in [2.24, 2.45) is 4.99 Å². The number of furan rings is 1. The molecule has 2 aromatic rings.